The van der Waals surface area contributed by atoms with Crippen molar-refractivity contribution in [3.8, 4) is 0 Å². The lowest BCUT2D eigenvalue weighted by Gasteiger charge is -2.27. The summed E-state index contributed by atoms with van der Waals surface area (Å²) in [4.78, 5) is 57.5. The maximum absolute atomic E-state index is 13.4. The van der Waals surface area contributed by atoms with Crippen LogP contribution in [-0.2, 0) is 25.6 Å². The monoisotopic (exact) mass is 530 g/mol. The van der Waals surface area contributed by atoms with E-state index in [9.17, 15) is 24.3 Å². The molecule has 1 aromatic carbocycles. The van der Waals surface area contributed by atoms with Crippen LogP contribution in [0.1, 0.15) is 39.2 Å². The Kier molecular flexibility index (Phi) is 11.1. The predicted molar refractivity (Wildman–Crippen MR) is 144 cm³/mol. The van der Waals surface area contributed by atoms with E-state index in [2.05, 4.69) is 25.9 Å². The molecule has 0 bridgehead atoms. The molecule has 4 unspecified atom stereocenters. The number of aliphatic carboxylic acids is 1. The predicted octanol–water partition coefficient (Wildman–Crippen LogP) is -0.694. The fourth-order valence-electron chi connectivity index (χ4n) is 3.84. The molecule has 1 heterocycles. The number of guanidine groups is 1. The number of aromatic amines is 1. The Bertz CT molecular complexity index is 1160. The van der Waals surface area contributed by atoms with Gasteiger partial charge >= 0.3 is 5.97 Å². The van der Waals surface area contributed by atoms with Crippen molar-refractivity contribution in [2.24, 2.45) is 28.1 Å². The van der Waals surface area contributed by atoms with Gasteiger partial charge in [0, 0.05) is 30.1 Å². The third kappa shape index (κ3) is 8.76. The Morgan fingerprint density at radius 3 is 2.24 bits per heavy atom. The van der Waals surface area contributed by atoms with Crippen LogP contribution >= 0.6 is 0 Å². The molecule has 13 heteroatoms. The molecule has 0 spiro atoms. The maximum Gasteiger partial charge on any atom is 0.326 e. The minimum absolute atomic E-state index is 0.0875. The Hall–Kier alpha value is -4.13. The van der Waals surface area contributed by atoms with Crippen LogP contribution in [0.5, 0.6) is 0 Å². The average Bonchev–Trinajstić information content (AvgIpc) is 3.25. The molecule has 2 aromatic rings. The molecule has 38 heavy (non-hydrogen) atoms. The van der Waals surface area contributed by atoms with E-state index in [0.29, 0.717) is 6.42 Å². The lowest BCUT2D eigenvalue weighted by Crippen LogP contribution is -2.58. The van der Waals surface area contributed by atoms with E-state index in [1.807, 2.05) is 24.3 Å². The van der Waals surface area contributed by atoms with Crippen LogP contribution in [0.25, 0.3) is 10.9 Å². The van der Waals surface area contributed by atoms with Crippen molar-refractivity contribution >= 4 is 40.6 Å². The lowest BCUT2D eigenvalue weighted by molar-refractivity contribution is -0.142. The minimum Gasteiger partial charge on any atom is -0.480 e. The van der Waals surface area contributed by atoms with Gasteiger partial charge in [-0.2, -0.15) is 0 Å². The highest BCUT2D eigenvalue weighted by atomic mass is 16.4. The number of para-hydroxylation sites is 1. The first-order chi connectivity index (χ1) is 17.9. The van der Waals surface area contributed by atoms with Gasteiger partial charge in [-0.1, -0.05) is 32.0 Å². The molecule has 0 saturated carbocycles. The van der Waals surface area contributed by atoms with Crippen LogP contribution in [0, 0.1) is 5.92 Å². The Morgan fingerprint density at radius 1 is 0.974 bits per heavy atom. The van der Waals surface area contributed by atoms with E-state index in [0.717, 1.165) is 16.5 Å². The number of nitrogens with two attached hydrogens (primary N) is 3. The van der Waals surface area contributed by atoms with Gasteiger partial charge in [-0.3, -0.25) is 19.4 Å². The van der Waals surface area contributed by atoms with Crippen LogP contribution in [0.4, 0.5) is 0 Å². The first kappa shape index (κ1) is 30.1. The molecule has 0 radical (unpaired) electrons. The zero-order valence-corrected chi connectivity index (χ0v) is 21.9. The zero-order chi connectivity index (χ0) is 28.4. The second-order valence-corrected chi connectivity index (χ2v) is 9.49. The summed E-state index contributed by atoms with van der Waals surface area (Å²) in [5.74, 6) is -3.50. The molecule has 0 aliphatic heterocycles. The fourth-order valence-corrected chi connectivity index (χ4v) is 3.84. The molecule has 11 N–H and O–H groups in total. The van der Waals surface area contributed by atoms with Crippen molar-refractivity contribution in [1.29, 1.82) is 0 Å². The molecule has 208 valence electrons. The van der Waals surface area contributed by atoms with Crippen LogP contribution in [0.2, 0.25) is 0 Å². The molecule has 0 aliphatic carbocycles. The van der Waals surface area contributed by atoms with Crippen molar-refractivity contribution in [3.63, 3.8) is 0 Å². The van der Waals surface area contributed by atoms with Crippen molar-refractivity contribution in [3.05, 3.63) is 36.0 Å². The molecule has 0 fully saturated rings. The number of carboxylic acid groups (broad SMARTS) is 1. The normalized spacial score (nSPS) is 14.2. The van der Waals surface area contributed by atoms with Crippen molar-refractivity contribution < 1.29 is 24.3 Å². The van der Waals surface area contributed by atoms with Gasteiger partial charge in [0.2, 0.25) is 17.7 Å². The smallest absolute Gasteiger partial charge is 0.326 e. The summed E-state index contributed by atoms with van der Waals surface area (Å²) < 4.78 is 0. The third-order valence-corrected chi connectivity index (χ3v) is 5.95. The summed E-state index contributed by atoms with van der Waals surface area (Å²) >= 11 is 0. The van der Waals surface area contributed by atoms with Gasteiger partial charge in [-0.15, -0.1) is 0 Å². The molecule has 4 atom stereocenters. The summed E-state index contributed by atoms with van der Waals surface area (Å²) in [7, 11) is 0. The summed E-state index contributed by atoms with van der Waals surface area (Å²) in [6, 6.07) is 3.39. The number of hydrogen-bond acceptors (Lipinski definition) is 6. The number of amides is 3. The molecule has 0 saturated heterocycles. The minimum atomic E-state index is -1.22. The molecular formula is C25H38N8O5. The lowest BCUT2D eigenvalue weighted by atomic mass is 10.00. The van der Waals surface area contributed by atoms with Crippen LogP contribution in [0.3, 0.4) is 0 Å². The number of carboxylic acids is 1. The topological polar surface area (TPSA) is 231 Å². The Morgan fingerprint density at radius 2 is 1.63 bits per heavy atom. The van der Waals surface area contributed by atoms with E-state index in [4.69, 9.17) is 17.2 Å². The molecule has 3 amide bonds. The van der Waals surface area contributed by atoms with E-state index in [1.165, 1.54) is 6.92 Å². The standard InChI is InChI=1S/C25H38N8O5/c1-13(2)20(23(36)31-18(24(37)38)9-6-10-29-25(27)28)33-22(35)19(32-21(34)14(3)26)11-15-12-30-17-8-5-4-7-16(15)17/h4-5,7-8,12-14,18-20,30H,6,9-11,26H2,1-3H3,(H,31,36)(H,32,34)(H,33,35)(H,37,38)(H4,27,28,29). The number of H-pyrrole nitrogens is 1. The first-order valence-electron chi connectivity index (χ1n) is 12.4. The summed E-state index contributed by atoms with van der Waals surface area (Å²) in [6.07, 6.45) is 2.31. The molecule has 1 aromatic heterocycles. The first-order valence-corrected chi connectivity index (χ1v) is 12.4. The van der Waals surface area contributed by atoms with Gasteiger partial charge in [-0.25, -0.2) is 4.79 Å². The van der Waals surface area contributed by atoms with Crippen molar-refractivity contribution in [2.75, 3.05) is 6.54 Å². The Balaban J connectivity index is 2.18. The SMILES string of the molecule is CC(N)C(=O)NC(Cc1c[nH]c2ccccc12)C(=O)NC(C(=O)NC(CCCN=C(N)N)C(=O)O)C(C)C. The number of aromatic nitrogens is 1. The number of carbonyl (C=O) groups excluding carboxylic acids is 3. The highest BCUT2D eigenvalue weighted by molar-refractivity contribution is 5.95. The number of nitrogens with one attached hydrogen (secondary N) is 4. The largest absolute Gasteiger partial charge is 0.480 e. The van der Waals surface area contributed by atoms with Gasteiger partial charge in [0.05, 0.1) is 6.04 Å². The summed E-state index contributed by atoms with van der Waals surface area (Å²) in [6.45, 7) is 5.14. The van der Waals surface area contributed by atoms with Gasteiger partial charge in [0.25, 0.3) is 0 Å². The van der Waals surface area contributed by atoms with Gasteiger partial charge in [0.15, 0.2) is 5.96 Å². The highest BCUT2D eigenvalue weighted by Crippen LogP contribution is 2.19. The second-order valence-electron chi connectivity index (χ2n) is 9.49. The Labute approximate surface area is 221 Å². The highest BCUT2D eigenvalue weighted by Gasteiger charge is 2.32. The third-order valence-electron chi connectivity index (χ3n) is 5.95. The van der Waals surface area contributed by atoms with Gasteiger partial charge < -0.3 is 43.2 Å². The zero-order valence-electron chi connectivity index (χ0n) is 21.9. The van der Waals surface area contributed by atoms with Crippen molar-refractivity contribution in [1.82, 2.24) is 20.9 Å². The number of benzene rings is 1. The molecule has 2 rings (SSSR count). The number of nitrogens with zero attached hydrogens (tertiary/aromatic N) is 1. The molecule has 13 nitrogen and oxygen atoms in total. The quantitative estimate of drug-likeness (QED) is 0.0882. The molecule has 0 aliphatic rings. The van der Waals surface area contributed by atoms with Crippen LogP contribution in [-0.4, -0.2) is 70.5 Å². The van der Waals surface area contributed by atoms with E-state index in [1.54, 1.807) is 20.0 Å². The fraction of sp³-hybridized carbons (Fsp3) is 0.480. The number of rotatable bonds is 14. The van der Waals surface area contributed by atoms with Gasteiger partial charge in [-0.05, 0) is 37.3 Å². The van der Waals surface area contributed by atoms with E-state index < -0.39 is 47.9 Å². The number of hydrogen-bond donors (Lipinski definition) is 8. The van der Waals surface area contributed by atoms with E-state index >= 15 is 0 Å². The van der Waals surface area contributed by atoms with Crippen molar-refractivity contribution in [2.45, 2.75) is 64.2 Å². The maximum atomic E-state index is 13.4. The number of aliphatic imine (C=N–C) groups is 1. The van der Waals surface area contributed by atoms with Gasteiger partial charge in [0.1, 0.15) is 18.1 Å². The van der Waals surface area contributed by atoms with Crippen LogP contribution in [0.15, 0.2) is 35.5 Å². The summed E-state index contributed by atoms with van der Waals surface area (Å²) in [5.41, 5.74) is 17.9. The summed E-state index contributed by atoms with van der Waals surface area (Å²) in [5, 5.41) is 18.3. The number of carbonyl (C=O) groups is 4. The van der Waals surface area contributed by atoms with E-state index in [-0.39, 0.29) is 31.3 Å². The second kappa shape index (κ2) is 14.0. The molecular weight excluding hydrogens is 492 g/mol. The average molecular weight is 531 g/mol. The number of fused-ring (bicyclic) bond motifs is 1. The van der Waals surface area contributed by atoms with Crippen LogP contribution < -0.4 is 33.2 Å².